The fourth-order valence-electron chi connectivity index (χ4n) is 2.94. The van der Waals surface area contributed by atoms with Crippen molar-refractivity contribution in [1.82, 2.24) is 10.2 Å². The van der Waals surface area contributed by atoms with Gasteiger partial charge in [0.1, 0.15) is 0 Å². The zero-order chi connectivity index (χ0) is 9.10. The molecule has 0 unspecified atom stereocenters. The van der Waals surface area contributed by atoms with Crippen molar-refractivity contribution >= 4 is 0 Å². The highest BCUT2D eigenvalue weighted by Crippen LogP contribution is 2.27. The zero-order valence-corrected chi connectivity index (χ0v) is 8.76. The van der Waals surface area contributed by atoms with Crippen molar-refractivity contribution in [3.05, 3.63) is 0 Å². The van der Waals surface area contributed by atoms with Crippen molar-refractivity contribution < 1.29 is 0 Å². The topological polar surface area (TPSA) is 15.3 Å². The maximum absolute atomic E-state index is 3.52. The first-order valence-corrected chi connectivity index (χ1v) is 5.79. The van der Waals surface area contributed by atoms with Gasteiger partial charge in [-0.25, -0.2) is 0 Å². The van der Waals surface area contributed by atoms with Crippen LogP contribution in [0.1, 0.15) is 32.1 Å². The molecule has 2 saturated heterocycles. The van der Waals surface area contributed by atoms with Gasteiger partial charge in [0.25, 0.3) is 0 Å². The maximum Gasteiger partial charge on any atom is 0.0133 e. The van der Waals surface area contributed by atoms with Crippen LogP contribution in [0, 0.1) is 5.92 Å². The summed E-state index contributed by atoms with van der Waals surface area (Å²) in [6, 6.07) is 0.873. The molecule has 2 aliphatic heterocycles. The van der Waals surface area contributed by atoms with Gasteiger partial charge >= 0.3 is 0 Å². The van der Waals surface area contributed by atoms with Gasteiger partial charge in [0.15, 0.2) is 0 Å². The van der Waals surface area contributed by atoms with E-state index in [4.69, 9.17) is 0 Å². The molecule has 0 amide bonds. The van der Waals surface area contributed by atoms with Gasteiger partial charge in [-0.05, 0) is 58.3 Å². The van der Waals surface area contributed by atoms with Crippen LogP contribution >= 0.6 is 0 Å². The Morgan fingerprint density at radius 1 is 1.08 bits per heavy atom. The summed E-state index contributed by atoms with van der Waals surface area (Å²) in [4.78, 5) is 2.60. The van der Waals surface area contributed by atoms with E-state index >= 15 is 0 Å². The van der Waals surface area contributed by atoms with E-state index in [2.05, 4.69) is 17.3 Å². The van der Waals surface area contributed by atoms with Crippen molar-refractivity contribution in [1.29, 1.82) is 0 Å². The molecule has 2 fully saturated rings. The van der Waals surface area contributed by atoms with Crippen LogP contribution in [0.15, 0.2) is 0 Å². The minimum absolute atomic E-state index is 0.873. The predicted octanol–water partition coefficient (Wildman–Crippen LogP) is 1.47. The van der Waals surface area contributed by atoms with Gasteiger partial charge in [0.05, 0.1) is 0 Å². The summed E-state index contributed by atoms with van der Waals surface area (Å²) < 4.78 is 0. The number of likely N-dealkylation sites (tertiary alicyclic amines) is 1. The van der Waals surface area contributed by atoms with E-state index in [0.717, 1.165) is 12.0 Å². The number of hydrogen-bond donors (Lipinski definition) is 1. The van der Waals surface area contributed by atoms with E-state index in [1.165, 1.54) is 51.7 Å². The molecule has 0 radical (unpaired) electrons. The third-order valence-corrected chi connectivity index (χ3v) is 3.75. The van der Waals surface area contributed by atoms with Gasteiger partial charge in [-0.2, -0.15) is 0 Å². The number of hydrogen-bond acceptors (Lipinski definition) is 2. The first-order valence-electron chi connectivity index (χ1n) is 5.79. The summed E-state index contributed by atoms with van der Waals surface area (Å²) in [7, 11) is 2.31. The number of nitrogens with zero attached hydrogens (tertiary/aromatic N) is 1. The zero-order valence-electron chi connectivity index (χ0n) is 8.76. The Morgan fingerprint density at radius 2 is 1.92 bits per heavy atom. The summed E-state index contributed by atoms with van der Waals surface area (Å²) in [6.07, 6.45) is 7.09. The van der Waals surface area contributed by atoms with Gasteiger partial charge in [-0.15, -0.1) is 0 Å². The third kappa shape index (κ3) is 2.23. The molecule has 76 valence electrons. The molecular weight excluding hydrogens is 160 g/mol. The predicted molar refractivity (Wildman–Crippen MR) is 55.9 cm³/mol. The molecule has 0 aromatic carbocycles. The Balaban J connectivity index is 2.03. The van der Waals surface area contributed by atoms with Crippen LogP contribution in [-0.4, -0.2) is 37.6 Å². The molecule has 0 spiro atoms. The Hall–Kier alpha value is -0.0800. The Bertz CT molecular complexity index is 156. The molecule has 0 bridgehead atoms. The smallest absolute Gasteiger partial charge is 0.0133 e. The number of rotatable bonds is 0. The first-order chi connectivity index (χ1) is 6.38. The Labute approximate surface area is 81.7 Å². The van der Waals surface area contributed by atoms with Crippen molar-refractivity contribution in [3.63, 3.8) is 0 Å². The molecule has 2 atom stereocenters. The van der Waals surface area contributed by atoms with E-state index in [0.29, 0.717) is 0 Å². The average Bonchev–Trinajstić information content (AvgIpc) is 2.43. The molecule has 13 heavy (non-hydrogen) atoms. The molecule has 0 saturated carbocycles. The van der Waals surface area contributed by atoms with Gasteiger partial charge in [-0.3, -0.25) is 0 Å². The fraction of sp³-hybridized carbons (Fsp3) is 1.00. The number of fused-ring (bicyclic) bond motifs is 1. The van der Waals surface area contributed by atoms with Crippen LogP contribution in [-0.2, 0) is 0 Å². The lowest BCUT2D eigenvalue weighted by molar-refractivity contribution is 0.185. The van der Waals surface area contributed by atoms with Crippen molar-refractivity contribution in [3.8, 4) is 0 Å². The molecule has 0 aromatic heterocycles. The van der Waals surface area contributed by atoms with Crippen LogP contribution in [0.4, 0.5) is 0 Å². The van der Waals surface area contributed by atoms with Crippen LogP contribution in [0.25, 0.3) is 0 Å². The molecule has 0 aliphatic carbocycles. The molecule has 2 nitrogen and oxygen atoms in total. The summed E-state index contributed by atoms with van der Waals surface area (Å²) in [5.74, 6) is 0.975. The monoisotopic (exact) mass is 182 g/mol. The standard InChI is InChI=1S/C11H22N2/c1-13-9-3-2-4-10-5-7-12-8-6-11(10)13/h10-12H,2-9H2,1H3/t10-,11-/m1/s1. The molecule has 2 aliphatic rings. The minimum atomic E-state index is 0.873. The van der Waals surface area contributed by atoms with E-state index in [1.807, 2.05) is 0 Å². The quantitative estimate of drug-likeness (QED) is 0.610. The maximum atomic E-state index is 3.52. The van der Waals surface area contributed by atoms with Crippen molar-refractivity contribution in [2.75, 3.05) is 26.7 Å². The van der Waals surface area contributed by atoms with Crippen LogP contribution in [0.3, 0.4) is 0 Å². The lowest BCUT2D eigenvalue weighted by atomic mass is 9.91. The van der Waals surface area contributed by atoms with Gasteiger partial charge in [0.2, 0.25) is 0 Å². The average molecular weight is 182 g/mol. The van der Waals surface area contributed by atoms with E-state index < -0.39 is 0 Å². The molecule has 2 heteroatoms. The highest BCUT2D eigenvalue weighted by molar-refractivity contribution is 4.84. The normalized spacial score (nSPS) is 37.6. The van der Waals surface area contributed by atoms with Gasteiger partial charge < -0.3 is 10.2 Å². The van der Waals surface area contributed by atoms with Gasteiger partial charge in [0, 0.05) is 6.04 Å². The molecule has 2 rings (SSSR count). The summed E-state index contributed by atoms with van der Waals surface area (Å²) in [5.41, 5.74) is 0. The van der Waals surface area contributed by atoms with E-state index in [-0.39, 0.29) is 0 Å². The van der Waals surface area contributed by atoms with Crippen LogP contribution < -0.4 is 5.32 Å². The lowest BCUT2D eigenvalue weighted by Gasteiger charge is -2.30. The minimum Gasteiger partial charge on any atom is -0.317 e. The Morgan fingerprint density at radius 3 is 2.85 bits per heavy atom. The number of nitrogens with one attached hydrogen (secondary N) is 1. The second-order valence-electron chi connectivity index (χ2n) is 4.63. The van der Waals surface area contributed by atoms with Crippen molar-refractivity contribution in [2.24, 2.45) is 5.92 Å². The van der Waals surface area contributed by atoms with Crippen molar-refractivity contribution in [2.45, 2.75) is 38.1 Å². The van der Waals surface area contributed by atoms with Crippen LogP contribution in [0.5, 0.6) is 0 Å². The second kappa shape index (κ2) is 4.43. The summed E-state index contributed by atoms with van der Waals surface area (Å²) >= 11 is 0. The van der Waals surface area contributed by atoms with E-state index in [1.54, 1.807) is 0 Å². The fourth-order valence-corrected chi connectivity index (χ4v) is 2.94. The molecule has 2 heterocycles. The van der Waals surface area contributed by atoms with Gasteiger partial charge in [-0.1, -0.05) is 6.42 Å². The molecule has 0 aromatic rings. The van der Waals surface area contributed by atoms with Crippen LogP contribution in [0.2, 0.25) is 0 Å². The molecular formula is C11H22N2. The SMILES string of the molecule is CN1CCCC[C@@H]2CCNCC[C@H]21. The third-order valence-electron chi connectivity index (χ3n) is 3.75. The highest BCUT2D eigenvalue weighted by atomic mass is 15.1. The van der Waals surface area contributed by atoms with E-state index in [9.17, 15) is 0 Å². The highest BCUT2D eigenvalue weighted by Gasteiger charge is 2.28. The Kier molecular flexibility index (Phi) is 3.23. The largest absolute Gasteiger partial charge is 0.317 e. The molecule has 1 N–H and O–H groups in total. The summed E-state index contributed by atoms with van der Waals surface area (Å²) in [5, 5.41) is 3.52. The lowest BCUT2D eigenvalue weighted by Crippen LogP contribution is -2.36. The second-order valence-corrected chi connectivity index (χ2v) is 4.63. The summed E-state index contributed by atoms with van der Waals surface area (Å²) in [6.45, 7) is 3.79. The first kappa shape index (κ1) is 9.47.